The lowest BCUT2D eigenvalue weighted by molar-refractivity contribution is 0.0694. The molecular weight excluding hydrogens is 266 g/mol. The first-order chi connectivity index (χ1) is 10.4. The average molecular weight is 291 g/mol. The first kappa shape index (κ1) is 15.9. The molecule has 21 heavy (non-hydrogen) atoms. The van der Waals surface area contributed by atoms with Crippen LogP contribution < -0.4 is 5.32 Å². The van der Waals surface area contributed by atoms with E-state index in [-0.39, 0.29) is 0 Å². The Morgan fingerprint density at radius 3 is 2.86 bits per heavy atom. The van der Waals surface area contributed by atoms with E-state index in [1.165, 1.54) is 5.52 Å². The van der Waals surface area contributed by atoms with Gasteiger partial charge in [0, 0.05) is 20.3 Å². The summed E-state index contributed by atoms with van der Waals surface area (Å²) in [4.78, 5) is 4.69. The van der Waals surface area contributed by atoms with Crippen molar-refractivity contribution in [3.05, 3.63) is 30.1 Å². The summed E-state index contributed by atoms with van der Waals surface area (Å²) in [6.07, 6.45) is 0.996. The zero-order chi connectivity index (χ0) is 14.9. The maximum atomic E-state index is 5.43. The number of ether oxygens (including phenoxy) is 2. The van der Waals surface area contributed by atoms with Gasteiger partial charge in [-0.15, -0.1) is 0 Å². The molecule has 5 nitrogen and oxygen atoms in total. The second-order valence-electron chi connectivity index (χ2n) is 4.90. The molecule has 2 rings (SSSR count). The Kier molecular flexibility index (Phi) is 6.66. The van der Waals surface area contributed by atoms with E-state index in [0.717, 1.165) is 44.0 Å². The number of benzene rings is 1. The predicted octanol–water partition coefficient (Wildman–Crippen LogP) is 2.20. The average Bonchev–Trinajstić information content (AvgIpc) is 2.87. The van der Waals surface area contributed by atoms with Gasteiger partial charge in [0.1, 0.15) is 5.82 Å². The van der Waals surface area contributed by atoms with E-state index in [2.05, 4.69) is 35.0 Å². The molecule has 0 aliphatic heterocycles. The number of para-hydroxylation sites is 2. The lowest BCUT2D eigenvalue weighted by Gasteiger charge is -2.08. The second kappa shape index (κ2) is 8.77. The quantitative estimate of drug-likeness (QED) is 0.682. The number of nitrogens with one attached hydrogen (secondary N) is 1. The lowest BCUT2D eigenvalue weighted by Crippen LogP contribution is -2.19. The van der Waals surface area contributed by atoms with Gasteiger partial charge in [0.15, 0.2) is 0 Å². The smallest absolute Gasteiger partial charge is 0.123 e. The minimum atomic E-state index is 0.661. The van der Waals surface area contributed by atoms with E-state index in [1.54, 1.807) is 7.11 Å². The van der Waals surface area contributed by atoms with Crippen molar-refractivity contribution >= 4 is 11.0 Å². The Hall–Kier alpha value is -1.43. The molecule has 5 heteroatoms. The molecule has 1 aromatic carbocycles. The van der Waals surface area contributed by atoms with E-state index in [9.17, 15) is 0 Å². The molecule has 0 aliphatic rings. The molecule has 0 amide bonds. The Morgan fingerprint density at radius 2 is 2.05 bits per heavy atom. The minimum Gasteiger partial charge on any atom is -0.382 e. The molecule has 2 aromatic rings. The third-order valence-corrected chi connectivity index (χ3v) is 3.41. The van der Waals surface area contributed by atoms with E-state index < -0.39 is 0 Å². The maximum Gasteiger partial charge on any atom is 0.123 e. The molecule has 0 atom stereocenters. The molecule has 1 N–H and O–H groups in total. The fourth-order valence-corrected chi connectivity index (χ4v) is 2.36. The monoisotopic (exact) mass is 291 g/mol. The number of hydrogen-bond acceptors (Lipinski definition) is 4. The first-order valence-electron chi connectivity index (χ1n) is 7.58. The Morgan fingerprint density at radius 1 is 1.19 bits per heavy atom. The molecule has 116 valence electrons. The maximum absolute atomic E-state index is 5.43. The van der Waals surface area contributed by atoms with Crippen LogP contribution in [0.15, 0.2) is 24.3 Å². The molecule has 0 saturated heterocycles. The van der Waals surface area contributed by atoms with Crippen LogP contribution in [0.1, 0.15) is 19.2 Å². The molecule has 0 bridgehead atoms. The zero-order valence-corrected chi connectivity index (χ0v) is 13.0. The number of aromatic nitrogens is 2. The van der Waals surface area contributed by atoms with Gasteiger partial charge in [0.05, 0.1) is 30.8 Å². The number of aryl methyl sites for hydroxylation is 1. The van der Waals surface area contributed by atoms with Crippen LogP contribution in [0.2, 0.25) is 0 Å². The Labute approximate surface area is 126 Å². The van der Waals surface area contributed by atoms with Crippen LogP contribution in [0, 0.1) is 0 Å². The normalized spacial score (nSPS) is 11.3. The van der Waals surface area contributed by atoms with E-state index in [1.807, 2.05) is 6.07 Å². The van der Waals surface area contributed by atoms with Crippen LogP contribution in [-0.4, -0.2) is 43.0 Å². The summed E-state index contributed by atoms with van der Waals surface area (Å²) < 4.78 is 12.6. The summed E-state index contributed by atoms with van der Waals surface area (Å²) in [6, 6.07) is 8.28. The Balaban J connectivity index is 1.76. The molecule has 0 fully saturated rings. The molecule has 0 spiro atoms. The van der Waals surface area contributed by atoms with Crippen LogP contribution in [0.5, 0.6) is 0 Å². The van der Waals surface area contributed by atoms with Crippen molar-refractivity contribution < 1.29 is 9.47 Å². The van der Waals surface area contributed by atoms with Gasteiger partial charge in [-0.1, -0.05) is 12.1 Å². The molecule has 0 radical (unpaired) electrons. The van der Waals surface area contributed by atoms with Crippen LogP contribution in [0.25, 0.3) is 11.0 Å². The highest BCUT2D eigenvalue weighted by atomic mass is 16.5. The van der Waals surface area contributed by atoms with Crippen LogP contribution in [0.4, 0.5) is 0 Å². The van der Waals surface area contributed by atoms with Gasteiger partial charge in [-0.3, -0.25) is 0 Å². The van der Waals surface area contributed by atoms with Crippen LogP contribution in [0.3, 0.4) is 0 Å². The number of rotatable bonds is 10. The number of methoxy groups -OCH3 is 1. The van der Waals surface area contributed by atoms with Crippen LogP contribution >= 0.6 is 0 Å². The van der Waals surface area contributed by atoms with Crippen molar-refractivity contribution in [3.8, 4) is 0 Å². The summed E-state index contributed by atoms with van der Waals surface area (Å²) in [5, 5.41) is 3.43. The third kappa shape index (κ3) is 4.52. The number of fused-ring (bicyclic) bond motifs is 1. The summed E-state index contributed by atoms with van der Waals surface area (Å²) in [7, 11) is 1.69. The van der Waals surface area contributed by atoms with Gasteiger partial charge in [-0.2, -0.15) is 0 Å². The molecule has 1 aromatic heterocycles. The van der Waals surface area contributed by atoms with Crippen molar-refractivity contribution in [2.45, 2.75) is 26.4 Å². The molecule has 0 aliphatic carbocycles. The fraction of sp³-hybridized carbons (Fsp3) is 0.562. The molecule has 0 unspecified atom stereocenters. The van der Waals surface area contributed by atoms with Gasteiger partial charge in [-0.05, 0) is 32.0 Å². The van der Waals surface area contributed by atoms with Gasteiger partial charge in [0.25, 0.3) is 0 Å². The second-order valence-corrected chi connectivity index (χ2v) is 4.90. The minimum absolute atomic E-state index is 0.661. The summed E-state index contributed by atoms with van der Waals surface area (Å²) in [5.41, 5.74) is 2.28. The SMILES string of the molecule is CCn1c(CNCCCOCCOC)nc2ccccc21. The number of nitrogens with zero attached hydrogens (tertiary/aromatic N) is 2. The van der Waals surface area contributed by atoms with Gasteiger partial charge in [0.2, 0.25) is 0 Å². The van der Waals surface area contributed by atoms with Gasteiger partial charge in [-0.25, -0.2) is 4.98 Å². The van der Waals surface area contributed by atoms with Crippen molar-refractivity contribution in [1.29, 1.82) is 0 Å². The number of imidazole rings is 1. The van der Waals surface area contributed by atoms with Crippen molar-refractivity contribution in [2.24, 2.45) is 0 Å². The summed E-state index contributed by atoms with van der Waals surface area (Å²) >= 11 is 0. The predicted molar refractivity (Wildman–Crippen MR) is 84.4 cm³/mol. The molecular formula is C16H25N3O2. The summed E-state index contributed by atoms with van der Waals surface area (Å²) in [5.74, 6) is 1.10. The topological polar surface area (TPSA) is 48.3 Å². The first-order valence-corrected chi connectivity index (χ1v) is 7.58. The van der Waals surface area contributed by atoms with Crippen molar-refractivity contribution in [3.63, 3.8) is 0 Å². The molecule has 0 saturated carbocycles. The third-order valence-electron chi connectivity index (χ3n) is 3.41. The highest BCUT2D eigenvalue weighted by Crippen LogP contribution is 2.15. The largest absolute Gasteiger partial charge is 0.382 e. The highest BCUT2D eigenvalue weighted by Gasteiger charge is 2.07. The number of hydrogen-bond donors (Lipinski definition) is 1. The van der Waals surface area contributed by atoms with E-state index >= 15 is 0 Å². The standard InChI is InChI=1S/C16H25N3O2/c1-3-19-15-8-5-4-7-14(15)18-16(19)13-17-9-6-10-21-12-11-20-2/h4-5,7-8,17H,3,6,9-13H2,1-2H3. The van der Waals surface area contributed by atoms with E-state index in [4.69, 9.17) is 14.5 Å². The highest BCUT2D eigenvalue weighted by molar-refractivity contribution is 5.75. The van der Waals surface area contributed by atoms with Gasteiger partial charge >= 0.3 is 0 Å². The zero-order valence-electron chi connectivity index (χ0n) is 13.0. The lowest BCUT2D eigenvalue weighted by atomic mass is 10.3. The van der Waals surface area contributed by atoms with Crippen molar-refractivity contribution in [1.82, 2.24) is 14.9 Å². The van der Waals surface area contributed by atoms with Gasteiger partial charge < -0.3 is 19.4 Å². The van der Waals surface area contributed by atoms with Crippen LogP contribution in [-0.2, 0) is 22.6 Å². The Bertz CT molecular complexity index is 539. The van der Waals surface area contributed by atoms with Crippen molar-refractivity contribution in [2.75, 3.05) is 33.5 Å². The van der Waals surface area contributed by atoms with E-state index in [0.29, 0.717) is 13.2 Å². The molecule has 1 heterocycles. The summed E-state index contributed by atoms with van der Waals surface area (Å²) in [6.45, 7) is 6.91. The fourth-order valence-electron chi connectivity index (χ4n) is 2.36.